The largest absolute Gasteiger partial charge is 0.481 e. The molecule has 49 heavy (non-hydrogen) atoms. The van der Waals surface area contributed by atoms with E-state index in [1.165, 1.54) is 212 Å². The quantitative estimate of drug-likeness (QED) is 0.0554. The van der Waals surface area contributed by atoms with Gasteiger partial charge in [-0.1, -0.05) is 226 Å². The lowest BCUT2D eigenvalue weighted by atomic mass is 10.0. The van der Waals surface area contributed by atoms with Crippen LogP contribution < -0.4 is 0 Å². The molecule has 0 radical (unpaired) electrons. The summed E-state index contributed by atoms with van der Waals surface area (Å²) in [6, 6.07) is 0. The van der Waals surface area contributed by atoms with Gasteiger partial charge in [0, 0.05) is 19.5 Å². The number of carbonyl (C=O) groups is 1. The number of nitrogens with zero attached hydrogens (tertiary/aromatic N) is 1. The number of aliphatic carboxylic acids is 1. The van der Waals surface area contributed by atoms with Crippen LogP contribution in [0.5, 0.6) is 0 Å². The van der Waals surface area contributed by atoms with Gasteiger partial charge in [0.2, 0.25) is 0 Å². The number of unbranched alkanes of at least 4 members (excludes halogenated alkanes) is 33. The zero-order chi connectivity index (χ0) is 36.1. The van der Waals surface area contributed by atoms with Gasteiger partial charge in [0.15, 0.2) is 0 Å². The molecule has 0 aliphatic carbocycles. The second kappa shape index (κ2) is 47.4. The monoisotopic (exact) mass is 698 g/mol. The maximum Gasteiger partial charge on any atom is 0.303 e. The summed E-state index contributed by atoms with van der Waals surface area (Å²) in [6.45, 7) is 7.35. The summed E-state index contributed by atoms with van der Waals surface area (Å²) >= 11 is 0. The fraction of sp³-hybridized carbons (Fsp3) is 0.977. The third-order valence-electron chi connectivity index (χ3n) is 10.2. The Kier molecular flexibility index (Phi) is 48.8. The van der Waals surface area contributed by atoms with E-state index in [0.717, 1.165) is 19.4 Å². The van der Waals surface area contributed by atoms with Gasteiger partial charge in [-0.3, -0.25) is 9.69 Å². The second-order valence-corrected chi connectivity index (χ2v) is 15.1. The van der Waals surface area contributed by atoms with Crippen molar-refractivity contribution >= 4 is 5.97 Å². The van der Waals surface area contributed by atoms with Crippen molar-refractivity contribution in [1.82, 2.24) is 4.90 Å². The molecule has 0 rings (SSSR count). The van der Waals surface area contributed by atoms with Crippen molar-refractivity contribution in [3.05, 3.63) is 0 Å². The molecule has 0 aliphatic heterocycles. The zero-order valence-corrected chi connectivity index (χ0v) is 33.7. The van der Waals surface area contributed by atoms with Crippen LogP contribution in [-0.2, 0) is 4.79 Å². The van der Waals surface area contributed by atoms with Gasteiger partial charge in [0.25, 0.3) is 0 Å². The van der Waals surface area contributed by atoms with Gasteiger partial charge in [0.05, 0.1) is 13.2 Å². The number of carboxylic acids is 1. The highest BCUT2D eigenvalue weighted by molar-refractivity contribution is 5.66. The molecule has 5 nitrogen and oxygen atoms in total. The first kappa shape index (κ1) is 50.5. The highest BCUT2D eigenvalue weighted by atomic mass is 16.4. The average molecular weight is 698 g/mol. The van der Waals surface area contributed by atoms with E-state index in [4.69, 9.17) is 15.3 Å². The van der Waals surface area contributed by atoms with Gasteiger partial charge in [0.1, 0.15) is 0 Å². The topological polar surface area (TPSA) is 81.0 Å². The fourth-order valence-electron chi connectivity index (χ4n) is 6.86. The summed E-state index contributed by atoms with van der Waals surface area (Å²) in [5, 5.41) is 26.5. The van der Waals surface area contributed by atoms with E-state index in [0.29, 0.717) is 19.5 Å². The molecule has 0 saturated heterocycles. The van der Waals surface area contributed by atoms with Crippen LogP contribution in [0.25, 0.3) is 0 Å². The van der Waals surface area contributed by atoms with Crippen molar-refractivity contribution in [2.45, 2.75) is 245 Å². The van der Waals surface area contributed by atoms with Crippen LogP contribution >= 0.6 is 0 Å². The van der Waals surface area contributed by atoms with E-state index < -0.39 is 5.97 Å². The standard InChI is InChI=1S/C24H51NO2.C20H40O2/c1-2-3-4-5-6-7-8-9-10-11-12-13-14-15-16-17-18-19-20-25(21-23-26)22-24-27;1-2-3-4-5-6-7-8-9-10-11-12-13-14-15-16-17-18-19-20(21)22/h26-27H,2-24H2,1H3;2-19H2,1H3,(H,21,22). The van der Waals surface area contributed by atoms with Gasteiger partial charge < -0.3 is 15.3 Å². The predicted octanol–water partition coefficient (Wildman–Crippen LogP) is 13.4. The fourth-order valence-corrected chi connectivity index (χ4v) is 6.86. The van der Waals surface area contributed by atoms with Crippen molar-refractivity contribution < 1.29 is 20.1 Å². The second-order valence-electron chi connectivity index (χ2n) is 15.1. The van der Waals surface area contributed by atoms with Crippen LogP contribution in [0, 0.1) is 0 Å². The van der Waals surface area contributed by atoms with Crippen molar-refractivity contribution in [2.24, 2.45) is 0 Å². The molecule has 3 N–H and O–H groups in total. The number of rotatable bonds is 41. The Morgan fingerprint density at radius 1 is 0.347 bits per heavy atom. The molecule has 296 valence electrons. The maximum atomic E-state index is 10.4. The minimum atomic E-state index is -0.652. The number of hydrogen-bond donors (Lipinski definition) is 3. The Morgan fingerprint density at radius 3 is 0.796 bits per heavy atom. The molecule has 0 unspecified atom stereocenters. The molecule has 0 bridgehead atoms. The summed E-state index contributed by atoms with van der Waals surface area (Å²) in [5.74, 6) is -0.652. The SMILES string of the molecule is CCCCCCCCCCCCCCCCCCCC(=O)O.CCCCCCCCCCCCCCCCCCCCN(CCO)CCO. The molecule has 0 aromatic carbocycles. The summed E-state index contributed by atoms with van der Waals surface area (Å²) in [7, 11) is 0. The Balaban J connectivity index is 0. The number of carboxylic acid groups (broad SMARTS) is 1. The van der Waals surface area contributed by atoms with E-state index in [9.17, 15) is 4.79 Å². The molecule has 0 aromatic heterocycles. The molecular formula is C44H91NO4. The first-order valence-electron chi connectivity index (χ1n) is 22.3. The van der Waals surface area contributed by atoms with Crippen LogP contribution in [-0.4, -0.2) is 59.0 Å². The molecule has 0 aliphatic rings. The Bertz CT molecular complexity index is 581. The van der Waals surface area contributed by atoms with Gasteiger partial charge in [-0.15, -0.1) is 0 Å². The third kappa shape index (κ3) is 49.5. The molecular weight excluding hydrogens is 606 g/mol. The van der Waals surface area contributed by atoms with Crippen molar-refractivity contribution in [2.75, 3.05) is 32.8 Å². The van der Waals surface area contributed by atoms with Crippen molar-refractivity contribution in [3.8, 4) is 0 Å². The van der Waals surface area contributed by atoms with Crippen molar-refractivity contribution in [1.29, 1.82) is 0 Å². The lowest BCUT2D eigenvalue weighted by Crippen LogP contribution is -2.30. The van der Waals surface area contributed by atoms with Crippen LogP contribution in [0.3, 0.4) is 0 Å². The molecule has 0 fully saturated rings. The van der Waals surface area contributed by atoms with Gasteiger partial charge in [-0.05, 0) is 19.4 Å². The molecule has 0 saturated carbocycles. The summed E-state index contributed by atoms with van der Waals surface area (Å²) in [5.41, 5.74) is 0. The van der Waals surface area contributed by atoms with E-state index in [-0.39, 0.29) is 13.2 Å². The van der Waals surface area contributed by atoms with E-state index >= 15 is 0 Å². The van der Waals surface area contributed by atoms with Crippen molar-refractivity contribution in [3.63, 3.8) is 0 Å². The lowest BCUT2D eigenvalue weighted by Gasteiger charge is -2.19. The van der Waals surface area contributed by atoms with Gasteiger partial charge in [-0.25, -0.2) is 0 Å². The number of aliphatic hydroxyl groups is 2. The van der Waals surface area contributed by atoms with Gasteiger partial charge >= 0.3 is 5.97 Å². The number of aliphatic hydroxyl groups excluding tert-OH is 2. The third-order valence-corrected chi connectivity index (χ3v) is 10.2. The predicted molar refractivity (Wildman–Crippen MR) is 216 cm³/mol. The summed E-state index contributed by atoms with van der Waals surface area (Å²) < 4.78 is 0. The highest BCUT2D eigenvalue weighted by Gasteiger charge is 2.03. The first-order chi connectivity index (χ1) is 24.1. The normalized spacial score (nSPS) is 11.3. The summed E-state index contributed by atoms with van der Waals surface area (Å²) in [6.07, 6.45) is 48.4. The Labute approximate surface area is 308 Å². The number of hydrogen-bond acceptors (Lipinski definition) is 4. The van der Waals surface area contributed by atoms with Crippen LogP contribution in [0.1, 0.15) is 245 Å². The molecule has 0 aromatic rings. The van der Waals surface area contributed by atoms with E-state index in [1.807, 2.05) is 0 Å². The molecule has 0 atom stereocenters. The first-order valence-corrected chi connectivity index (χ1v) is 22.3. The maximum absolute atomic E-state index is 10.4. The zero-order valence-electron chi connectivity index (χ0n) is 33.7. The summed E-state index contributed by atoms with van der Waals surface area (Å²) in [4.78, 5) is 12.5. The average Bonchev–Trinajstić information content (AvgIpc) is 3.09. The van der Waals surface area contributed by atoms with Crippen LogP contribution in [0.4, 0.5) is 0 Å². The Morgan fingerprint density at radius 2 is 0.571 bits per heavy atom. The van der Waals surface area contributed by atoms with Gasteiger partial charge in [-0.2, -0.15) is 0 Å². The molecule has 0 spiro atoms. The van der Waals surface area contributed by atoms with Crippen LogP contribution in [0.15, 0.2) is 0 Å². The molecule has 0 amide bonds. The van der Waals surface area contributed by atoms with E-state index in [1.54, 1.807) is 0 Å². The highest BCUT2D eigenvalue weighted by Crippen LogP contribution is 2.16. The minimum Gasteiger partial charge on any atom is -0.481 e. The molecule has 0 heterocycles. The Hall–Kier alpha value is -0.650. The lowest BCUT2D eigenvalue weighted by molar-refractivity contribution is -0.137. The van der Waals surface area contributed by atoms with Crippen LogP contribution in [0.2, 0.25) is 0 Å². The van der Waals surface area contributed by atoms with E-state index in [2.05, 4.69) is 18.7 Å². The smallest absolute Gasteiger partial charge is 0.303 e. The molecule has 5 heteroatoms. The minimum absolute atomic E-state index is 0.193.